The third kappa shape index (κ3) is 3.53. The van der Waals surface area contributed by atoms with E-state index < -0.39 is 0 Å². The van der Waals surface area contributed by atoms with Crippen molar-refractivity contribution in [2.75, 3.05) is 18.0 Å². The van der Waals surface area contributed by atoms with Crippen LogP contribution in [0.4, 0.5) is 5.82 Å². The van der Waals surface area contributed by atoms with Gasteiger partial charge in [-0.2, -0.15) is 0 Å². The van der Waals surface area contributed by atoms with E-state index in [1.165, 1.54) is 6.92 Å². The molecule has 19 heavy (non-hydrogen) atoms. The van der Waals surface area contributed by atoms with Crippen LogP contribution in [0.5, 0.6) is 0 Å². The fourth-order valence-electron chi connectivity index (χ4n) is 2.51. The van der Waals surface area contributed by atoms with Crippen LogP contribution in [-0.4, -0.2) is 29.8 Å². The lowest BCUT2D eigenvalue weighted by Gasteiger charge is -2.33. The molecule has 1 atom stereocenters. The Labute approximate surface area is 112 Å². The molecule has 1 amide bonds. The first kappa shape index (κ1) is 13.5. The molecule has 5 nitrogen and oxygen atoms in total. The molecule has 5 heteroatoms. The van der Waals surface area contributed by atoms with Crippen molar-refractivity contribution in [1.29, 1.82) is 0 Å². The van der Waals surface area contributed by atoms with E-state index in [-0.39, 0.29) is 11.7 Å². The highest BCUT2D eigenvalue weighted by Gasteiger charge is 2.22. The Hall–Kier alpha value is -1.91. The van der Waals surface area contributed by atoms with Gasteiger partial charge in [-0.25, -0.2) is 4.98 Å². The Morgan fingerprint density at radius 3 is 2.84 bits per heavy atom. The second-order valence-corrected chi connectivity index (χ2v) is 5.09. The maximum absolute atomic E-state index is 11.2. The highest BCUT2D eigenvalue weighted by atomic mass is 16.1. The smallest absolute Gasteiger partial charge is 0.217 e. The van der Waals surface area contributed by atoms with Crippen LogP contribution in [0, 0.1) is 5.92 Å². The van der Waals surface area contributed by atoms with Crippen LogP contribution in [0.3, 0.4) is 0 Å². The minimum absolute atomic E-state index is 0.0179. The second kappa shape index (κ2) is 5.82. The van der Waals surface area contributed by atoms with Crippen molar-refractivity contribution in [3.8, 4) is 0 Å². The van der Waals surface area contributed by atoms with Gasteiger partial charge >= 0.3 is 0 Å². The summed E-state index contributed by atoms with van der Waals surface area (Å²) in [6, 6.07) is 3.66. The van der Waals surface area contributed by atoms with Crippen molar-refractivity contribution in [3.05, 3.63) is 23.9 Å². The minimum atomic E-state index is -0.244. The lowest BCUT2D eigenvalue weighted by molar-refractivity contribution is -0.118. The fourth-order valence-corrected chi connectivity index (χ4v) is 2.51. The number of carbonyl (C=O) groups excluding carboxylic acids is 2. The van der Waals surface area contributed by atoms with Crippen molar-refractivity contribution >= 4 is 17.5 Å². The minimum Gasteiger partial charge on any atom is -0.370 e. The number of aromatic nitrogens is 1. The number of amides is 1. The number of ketones is 1. The third-order valence-electron chi connectivity index (χ3n) is 3.49. The second-order valence-electron chi connectivity index (χ2n) is 5.09. The van der Waals surface area contributed by atoms with Crippen molar-refractivity contribution in [1.82, 2.24) is 4.98 Å². The molecular weight excluding hydrogens is 242 g/mol. The van der Waals surface area contributed by atoms with Crippen LogP contribution < -0.4 is 10.6 Å². The molecule has 1 aliphatic heterocycles. The normalized spacial score (nSPS) is 19.2. The topological polar surface area (TPSA) is 76.3 Å². The molecule has 1 fully saturated rings. The molecule has 0 bridgehead atoms. The van der Waals surface area contributed by atoms with Gasteiger partial charge in [0.1, 0.15) is 5.82 Å². The highest BCUT2D eigenvalue weighted by Crippen LogP contribution is 2.23. The third-order valence-corrected chi connectivity index (χ3v) is 3.49. The molecule has 2 heterocycles. The highest BCUT2D eigenvalue weighted by molar-refractivity contribution is 5.93. The number of Topliss-reactive ketones (excluding diaryl/α,β-unsaturated/α-hetero) is 1. The van der Waals surface area contributed by atoms with Gasteiger partial charge in [0.05, 0.1) is 0 Å². The number of pyridine rings is 1. The van der Waals surface area contributed by atoms with Gasteiger partial charge in [-0.3, -0.25) is 9.59 Å². The average Bonchev–Trinajstić information content (AvgIpc) is 2.38. The summed E-state index contributed by atoms with van der Waals surface area (Å²) in [5.41, 5.74) is 5.87. The molecule has 102 valence electrons. The van der Waals surface area contributed by atoms with E-state index in [4.69, 9.17) is 5.73 Å². The van der Waals surface area contributed by atoms with Gasteiger partial charge in [0, 0.05) is 31.3 Å². The SMILES string of the molecule is CC(=O)c1ccc(N2CCCC(CC(N)=O)C2)nc1. The van der Waals surface area contributed by atoms with Crippen molar-refractivity contribution in [2.24, 2.45) is 11.7 Å². The molecule has 0 aliphatic carbocycles. The van der Waals surface area contributed by atoms with Crippen LogP contribution in [0.2, 0.25) is 0 Å². The molecule has 1 aliphatic rings. The molecule has 1 aromatic heterocycles. The molecular formula is C14H19N3O2. The van der Waals surface area contributed by atoms with E-state index >= 15 is 0 Å². The molecule has 0 radical (unpaired) electrons. The van der Waals surface area contributed by atoms with E-state index in [1.807, 2.05) is 6.07 Å². The number of piperidine rings is 1. The lowest BCUT2D eigenvalue weighted by atomic mass is 9.94. The number of primary amides is 1. The maximum Gasteiger partial charge on any atom is 0.217 e. The number of hydrogen-bond donors (Lipinski definition) is 1. The molecule has 1 saturated heterocycles. The Balaban J connectivity index is 2.04. The standard InChI is InChI=1S/C14H19N3O2/c1-10(18)12-4-5-14(16-8-12)17-6-2-3-11(9-17)7-13(15)19/h4-5,8,11H,2-3,6-7,9H2,1H3,(H2,15,19). The zero-order valence-electron chi connectivity index (χ0n) is 11.1. The van der Waals surface area contributed by atoms with Crippen LogP contribution in [0.15, 0.2) is 18.3 Å². The number of nitrogens with two attached hydrogens (primary N) is 1. The number of hydrogen-bond acceptors (Lipinski definition) is 4. The van der Waals surface area contributed by atoms with E-state index in [2.05, 4.69) is 9.88 Å². The Bertz CT molecular complexity index is 470. The maximum atomic E-state index is 11.2. The van der Waals surface area contributed by atoms with E-state index in [0.29, 0.717) is 17.9 Å². The van der Waals surface area contributed by atoms with E-state index in [0.717, 1.165) is 31.7 Å². The zero-order chi connectivity index (χ0) is 13.8. The quantitative estimate of drug-likeness (QED) is 0.831. The van der Waals surface area contributed by atoms with Gasteiger partial charge in [-0.1, -0.05) is 0 Å². The van der Waals surface area contributed by atoms with Crippen molar-refractivity contribution < 1.29 is 9.59 Å². The summed E-state index contributed by atoms with van der Waals surface area (Å²) in [5.74, 6) is 0.940. The molecule has 0 aromatic carbocycles. The van der Waals surface area contributed by atoms with Gasteiger partial charge in [-0.05, 0) is 37.8 Å². The number of anilines is 1. The zero-order valence-corrected chi connectivity index (χ0v) is 11.1. The Morgan fingerprint density at radius 2 is 2.26 bits per heavy atom. The summed E-state index contributed by atoms with van der Waals surface area (Å²) >= 11 is 0. The van der Waals surface area contributed by atoms with Gasteiger partial charge < -0.3 is 10.6 Å². The monoisotopic (exact) mass is 261 g/mol. The summed E-state index contributed by atoms with van der Waals surface area (Å²) in [6.45, 7) is 3.26. The molecule has 0 spiro atoms. The van der Waals surface area contributed by atoms with E-state index in [1.54, 1.807) is 12.3 Å². The van der Waals surface area contributed by atoms with Crippen molar-refractivity contribution in [3.63, 3.8) is 0 Å². The molecule has 1 aromatic rings. The predicted molar refractivity (Wildman–Crippen MR) is 73.0 cm³/mol. The van der Waals surface area contributed by atoms with Gasteiger partial charge in [0.2, 0.25) is 5.91 Å². The number of rotatable bonds is 4. The van der Waals surface area contributed by atoms with Crippen LogP contribution >= 0.6 is 0 Å². The summed E-state index contributed by atoms with van der Waals surface area (Å²) in [4.78, 5) is 28.7. The van der Waals surface area contributed by atoms with Crippen molar-refractivity contribution in [2.45, 2.75) is 26.2 Å². The molecule has 0 saturated carbocycles. The predicted octanol–water partition coefficient (Wildman–Crippen LogP) is 1.38. The largest absolute Gasteiger partial charge is 0.370 e. The van der Waals surface area contributed by atoms with Gasteiger partial charge in [0.15, 0.2) is 5.78 Å². The molecule has 2 rings (SSSR count). The molecule has 2 N–H and O–H groups in total. The van der Waals surface area contributed by atoms with Crippen LogP contribution in [0.1, 0.15) is 36.5 Å². The lowest BCUT2D eigenvalue weighted by Crippen LogP contribution is -2.37. The number of carbonyl (C=O) groups is 2. The van der Waals surface area contributed by atoms with E-state index in [9.17, 15) is 9.59 Å². The first-order chi connectivity index (χ1) is 9.06. The summed E-state index contributed by atoms with van der Waals surface area (Å²) in [6.07, 6.45) is 4.11. The summed E-state index contributed by atoms with van der Waals surface area (Å²) in [5, 5.41) is 0. The van der Waals surface area contributed by atoms with Crippen LogP contribution in [-0.2, 0) is 4.79 Å². The molecule has 1 unspecified atom stereocenters. The first-order valence-corrected chi connectivity index (χ1v) is 6.56. The summed E-state index contributed by atoms with van der Waals surface area (Å²) in [7, 11) is 0. The first-order valence-electron chi connectivity index (χ1n) is 6.56. The average molecular weight is 261 g/mol. The van der Waals surface area contributed by atoms with Gasteiger partial charge in [-0.15, -0.1) is 0 Å². The summed E-state index contributed by atoms with van der Waals surface area (Å²) < 4.78 is 0. The Morgan fingerprint density at radius 1 is 1.47 bits per heavy atom. The Kier molecular flexibility index (Phi) is 4.14. The fraction of sp³-hybridized carbons (Fsp3) is 0.500. The van der Waals surface area contributed by atoms with Crippen LogP contribution in [0.25, 0.3) is 0 Å². The van der Waals surface area contributed by atoms with Gasteiger partial charge in [0.25, 0.3) is 0 Å². The number of nitrogens with zero attached hydrogens (tertiary/aromatic N) is 2.